The number of carbonyl (C=O) groups excluding carboxylic acids is 1. The fraction of sp³-hybridized carbons (Fsp3) is 0.304. The van der Waals surface area contributed by atoms with Crippen LogP contribution in [0.25, 0.3) is 6.08 Å². The largest absolute Gasteiger partial charge is 0.488 e. The van der Waals surface area contributed by atoms with Crippen molar-refractivity contribution in [3.63, 3.8) is 0 Å². The topological polar surface area (TPSA) is 41.6 Å². The molecule has 4 rings (SSSR count). The zero-order chi connectivity index (χ0) is 20.2. The van der Waals surface area contributed by atoms with Crippen LogP contribution in [0, 0.1) is 5.82 Å². The summed E-state index contributed by atoms with van der Waals surface area (Å²) in [5, 5.41) is 3.56. The van der Waals surface area contributed by atoms with Crippen molar-refractivity contribution < 1.29 is 13.9 Å². The van der Waals surface area contributed by atoms with Crippen LogP contribution in [-0.4, -0.2) is 22.0 Å². The van der Waals surface area contributed by atoms with E-state index in [4.69, 9.17) is 17.0 Å². The Morgan fingerprint density at radius 1 is 1.10 bits per heavy atom. The number of rotatable bonds is 5. The van der Waals surface area contributed by atoms with Crippen LogP contribution in [0.1, 0.15) is 43.2 Å². The van der Waals surface area contributed by atoms with Crippen molar-refractivity contribution in [2.24, 2.45) is 0 Å². The normalized spacial score (nSPS) is 18.9. The number of benzene rings is 2. The summed E-state index contributed by atoms with van der Waals surface area (Å²) in [4.78, 5) is 14.7. The maximum atomic E-state index is 13.1. The third-order valence-corrected chi connectivity index (χ3v) is 5.67. The first kappa shape index (κ1) is 19.6. The quantitative estimate of drug-likeness (QED) is 0.568. The van der Waals surface area contributed by atoms with Crippen molar-refractivity contribution in [1.82, 2.24) is 10.2 Å². The smallest absolute Gasteiger partial charge is 0.276 e. The molecule has 0 aromatic heterocycles. The molecule has 1 saturated carbocycles. The molecule has 0 unspecified atom stereocenters. The summed E-state index contributed by atoms with van der Waals surface area (Å²) in [5.74, 6) is 0.305. The monoisotopic (exact) mass is 410 g/mol. The van der Waals surface area contributed by atoms with Gasteiger partial charge in [0.1, 0.15) is 23.9 Å². The summed E-state index contributed by atoms with van der Waals surface area (Å²) in [7, 11) is 0. The second-order valence-electron chi connectivity index (χ2n) is 7.41. The van der Waals surface area contributed by atoms with Gasteiger partial charge in [-0.05, 0) is 54.9 Å². The van der Waals surface area contributed by atoms with Crippen LogP contribution < -0.4 is 10.1 Å². The summed E-state index contributed by atoms with van der Waals surface area (Å²) >= 11 is 5.44. The van der Waals surface area contributed by atoms with E-state index in [0.717, 1.165) is 36.8 Å². The second-order valence-corrected chi connectivity index (χ2v) is 7.79. The van der Waals surface area contributed by atoms with Crippen molar-refractivity contribution in [1.29, 1.82) is 0 Å². The molecule has 1 N–H and O–H groups in total. The molecule has 1 amide bonds. The van der Waals surface area contributed by atoms with Gasteiger partial charge in [0.25, 0.3) is 5.91 Å². The first-order chi connectivity index (χ1) is 14.1. The van der Waals surface area contributed by atoms with Crippen molar-refractivity contribution in [3.05, 3.63) is 71.2 Å². The van der Waals surface area contributed by atoms with Crippen LogP contribution in [0.3, 0.4) is 0 Å². The van der Waals surface area contributed by atoms with Gasteiger partial charge in [-0.25, -0.2) is 4.39 Å². The molecule has 2 aromatic carbocycles. The number of hydrogen-bond donors (Lipinski definition) is 1. The Bertz CT molecular complexity index is 936. The molecule has 1 heterocycles. The molecule has 0 atom stereocenters. The van der Waals surface area contributed by atoms with Gasteiger partial charge in [0.05, 0.1) is 0 Å². The van der Waals surface area contributed by atoms with Gasteiger partial charge in [0.15, 0.2) is 5.11 Å². The molecule has 0 bridgehead atoms. The SMILES string of the molecule is O=C1C(=Cc2ccccc2OCc2ccc(F)cc2)NC(=S)N1C1CCCCC1. The lowest BCUT2D eigenvalue weighted by atomic mass is 9.94. The number of halogens is 1. The third-order valence-electron chi connectivity index (χ3n) is 5.38. The van der Waals surface area contributed by atoms with Gasteiger partial charge < -0.3 is 10.1 Å². The highest BCUT2D eigenvalue weighted by Gasteiger charge is 2.36. The molecule has 0 radical (unpaired) electrons. The van der Waals surface area contributed by atoms with Gasteiger partial charge in [0.2, 0.25) is 0 Å². The molecule has 150 valence electrons. The van der Waals surface area contributed by atoms with E-state index >= 15 is 0 Å². The molecule has 2 aromatic rings. The van der Waals surface area contributed by atoms with Crippen LogP contribution in [0.5, 0.6) is 5.75 Å². The van der Waals surface area contributed by atoms with Crippen molar-refractivity contribution in [2.45, 2.75) is 44.8 Å². The molecular formula is C23H23FN2O2S. The highest BCUT2D eigenvalue weighted by molar-refractivity contribution is 7.80. The summed E-state index contributed by atoms with van der Waals surface area (Å²) in [6, 6.07) is 13.9. The molecule has 1 saturated heterocycles. The predicted octanol–water partition coefficient (Wildman–Crippen LogP) is 4.80. The minimum atomic E-state index is -0.275. The Morgan fingerprint density at radius 2 is 1.83 bits per heavy atom. The molecule has 2 fully saturated rings. The van der Waals surface area contributed by atoms with E-state index in [1.165, 1.54) is 18.6 Å². The van der Waals surface area contributed by atoms with Gasteiger partial charge in [-0.2, -0.15) is 0 Å². The highest BCUT2D eigenvalue weighted by Crippen LogP contribution is 2.28. The maximum Gasteiger partial charge on any atom is 0.276 e. The van der Waals surface area contributed by atoms with Gasteiger partial charge in [0, 0.05) is 11.6 Å². The molecule has 0 spiro atoms. The summed E-state index contributed by atoms with van der Waals surface area (Å²) in [6.45, 7) is 0.314. The maximum absolute atomic E-state index is 13.1. The van der Waals surface area contributed by atoms with E-state index in [1.54, 1.807) is 23.1 Å². The lowest BCUT2D eigenvalue weighted by Gasteiger charge is -2.29. The number of ether oxygens (including phenoxy) is 1. The van der Waals surface area contributed by atoms with Gasteiger partial charge in [-0.3, -0.25) is 9.69 Å². The van der Waals surface area contributed by atoms with Gasteiger partial charge in [-0.1, -0.05) is 49.6 Å². The number of para-hydroxylation sites is 1. The highest BCUT2D eigenvalue weighted by atomic mass is 32.1. The fourth-order valence-corrected chi connectivity index (χ4v) is 4.19. The summed E-state index contributed by atoms with van der Waals surface area (Å²) < 4.78 is 19.0. The van der Waals surface area contributed by atoms with Gasteiger partial charge in [-0.15, -0.1) is 0 Å². The van der Waals surface area contributed by atoms with Crippen molar-refractivity contribution >= 4 is 29.3 Å². The molecule has 1 aliphatic carbocycles. The Kier molecular flexibility index (Phi) is 5.90. The first-order valence-corrected chi connectivity index (χ1v) is 10.3. The fourth-order valence-electron chi connectivity index (χ4n) is 3.85. The zero-order valence-electron chi connectivity index (χ0n) is 16.1. The van der Waals surface area contributed by atoms with E-state index in [2.05, 4.69) is 5.32 Å². The number of hydrogen-bond acceptors (Lipinski definition) is 3. The van der Waals surface area contributed by atoms with Crippen LogP contribution >= 0.6 is 12.2 Å². The molecule has 4 nitrogen and oxygen atoms in total. The molecular weight excluding hydrogens is 387 g/mol. The molecule has 1 aliphatic heterocycles. The average Bonchev–Trinajstić information content (AvgIpc) is 3.02. The van der Waals surface area contributed by atoms with Crippen LogP contribution in [-0.2, 0) is 11.4 Å². The van der Waals surface area contributed by atoms with E-state index in [-0.39, 0.29) is 17.8 Å². The van der Waals surface area contributed by atoms with Crippen molar-refractivity contribution in [3.8, 4) is 5.75 Å². The number of amides is 1. The standard InChI is InChI=1S/C23H23FN2O2S/c24-18-12-10-16(11-13-18)15-28-21-9-5-4-6-17(21)14-20-22(27)26(23(29)25-20)19-7-2-1-3-8-19/h4-6,9-14,19H,1-3,7-8,15H2,(H,25,29). The Balaban J connectivity index is 1.51. The summed E-state index contributed by atoms with van der Waals surface area (Å²) in [6.07, 6.45) is 7.28. The summed E-state index contributed by atoms with van der Waals surface area (Å²) in [5.41, 5.74) is 2.13. The Morgan fingerprint density at radius 3 is 2.59 bits per heavy atom. The first-order valence-electron chi connectivity index (χ1n) is 9.94. The zero-order valence-corrected chi connectivity index (χ0v) is 16.9. The van der Waals surface area contributed by atoms with E-state index in [1.807, 2.05) is 24.3 Å². The lowest BCUT2D eigenvalue weighted by Crippen LogP contribution is -2.41. The Labute approximate surface area is 175 Å². The lowest BCUT2D eigenvalue weighted by molar-refractivity contribution is -0.124. The number of nitrogens with one attached hydrogen (secondary N) is 1. The van der Waals surface area contributed by atoms with Crippen LogP contribution in [0.2, 0.25) is 0 Å². The van der Waals surface area contributed by atoms with E-state index in [9.17, 15) is 9.18 Å². The molecule has 6 heteroatoms. The third kappa shape index (κ3) is 4.48. The van der Waals surface area contributed by atoms with E-state index < -0.39 is 0 Å². The average molecular weight is 411 g/mol. The number of nitrogens with zero attached hydrogens (tertiary/aromatic N) is 1. The minimum Gasteiger partial charge on any atom is -0.488 e. The molecule has 29 heavy (non-hydrogen) atoms. The Hall–Kier alpha value is -2.73. The second kappa shape index (κ2) is 8.74. The van der Waals surface area contributed by atoms with Crippen LogP contribution in [0.15, 0.2) is 54.2 Å². The van der Waals surface area contributed by atoms with E-state index in [0.29, 0.717) is 23.2 Å². The number of thiocarbonyl (C=S) groups is 1. The minimum absolute atomic E-state index is 0.0739. The number of carbonyl (C=O) groups is 1. The predicted molar refractivity (Wildman–Crippen MR) is 115 cm³/mol. The van der Waals surface area contributed by atoms with Crippen molar-refractivity contribution in [2.75, 3.05) is 0 Å². The molecule has 2 aliphatic rings. The van der Waals surface area contributed by atoms with Gasteiger partial charge >= 0.3 is 0 Å². The van der Waals surface area contributed by atoms with Crippen LogP contribution in [0.4, 0.5) is 4.39 Å².